The van der Waals surface area contributed by atoms with Crippen LogP contribution in [0.3, 0.4) is 0 Å². The van der Waals surface area contributed by atoms with Gasteiger partial charge in [-0.3, -0.25) is 4.98 Å². The highest BCUT2D eigenvalue weighted by atomic mass is 19.4. The van der Waals surface area contributed by atoms with Gasteiger partial charge in [-0.15, -0.1) is 0 Å². The van der Waals surface area contributed by atoms with Gasteiger partial charge >= 0.3 is 6.18 Å². The maximum absolute atomic E-state index is 12.3. The molecular formula is C10H12F3N. The second-order valence-corrected chi connectivity index (χ2v) is 3.55. The largest absolute Gasteiger partial charge is 0.417 e. The third-order valence-electron chi connectivity index (χ3n) is 2.08. The highest BCUT2D eigenvalue weighted by Gasteiger charge is 2.31. The molecule has 0 saturated heterocycles. The van der Waals surface area contributed by atoms with Crippen molar-refractivity contribution in [2.45, 2.75) is 32.9 Å². The van der Waals surface area contributed by atoms with E-state index in [1.165, 1.54) is 6.07 Å². The predicted octanol–water partition coefficient (Wildman–Crippen LogP) is 3.53. The van der Waals surface area contributed by atoms with E-state index in [0.29, 0.717) is 11.3 Å². The Bertz CT molecular complexity index is 329. The van der Waals surface area contributed by atoms with Gasteiger partial charge in [0.15, 0.2) is 0 Å². The van der Waals surface area contributed by atoms with Crippen molar-refractivity contribution in [2.24, 2.45) is 0 Å². The minimum Gasteiger partial charge on any atom is -0.261 e. The number of halogens is 3. The number of aromatic nitrogens is 1. The lowest BCUT2D eigenvalue weighted by atomic mass is 10.0. The van der Waals surface area contributed by atoms with Crippen LogP contribution in [0.2, 0.25) is 0 Å². The van der Waals surface area contributed by atoms with E-state index in [-0.39, 0.29) is 5.92 Å². The van der Waals surface area contributed by atoms with Crippen LogP contribution < -0.4 is 0 Å². The summed E-state index contributed by atoms with van der Waals surface area (Å²) in [4.78, 5) is 3.75. The maximum Gasteiger partial charge on any atom is 0.417 e. The number of rotatable bonds is 1. The zero-order valence-corrected chi connectivity index (χ0v) is 8.31. The molecule has 1 heterocycles. The topological polar surface area (TPSA) is 12.9 Å². The predicted molar refractivity (Wildman–Crippen MR) is 48.1 cm³/mol. The van der Waals surface area contributed by atoms with Crippen molar-refractivity contribution in [3.05, 3.63) is 29.1 Å². The molecule has 1 aromatic rings. The summed E-state index contributed by atoms with van der Waals surface area (Å²) in [5.74, 6) is 0.0600. The Morgan fingerprint density at radius 1 is 1.29 bits per heavy atom. The van der Waals surface area contributed by atoms with E-state index in [2.05, 4.69) is 4.98 Å². The van der Waals surface area contributed by atoms with Crippen LogP contribution in [-0.2, 0) is 6.18 Å². The van der Waals surface area contributed by atoms with Crippen LogP contribution in [0.5, 0.6) is 0 Å². The Kier molecular flexibility index (Phi) is 2.83. The lowest BCUT2D eigenvalue weighted by molar-refractivity contribution is -0.137. The standard InChI is InChI=1S/C10H12F3N/c1-6(2)9-4-8(10(11,12)13)5-14-7(9)3/h4-6H,1-3H3. The minimum absolute atomic E-state index is 0.0600. The van der Waals surface area contributed by atoms with Crippen LogP contribution in [0, 0.1) is 6.92 Å². The second kappa shape index (κ2) is 3.59. The van der Waals surface area contributed by atoms with E-state index in [1.54, 1.807) is 6.92 Å². The van der Waals surface area contributed by atoms with Gasteiger partial charge in [-0.25, -0.2) is 0 Å². The van der Waals surface area contributed by atoms with Crippen molar-refractivity contribution >= 4 is 0 Å². The summed E-state index contributed by atoms with van der Waals surface area (Å²) in [6, 6.07) is 1.17. The molecule has 0 unspecified atom stereocenters. The van der Waals surface area contributed by atoms with Crippen LogP contribution in [0.1, 0.15) is 36.6 Å². The average Bonchev–Trinajstić information content (AvgIpc) is 2.02. The minimum atomic E-state index is -4.30. The molecule has 0 amide bonds. The molecule has 1 nitrogen and oxygen atoms in total. The molecule has 78 valence electrons. The molecule has 0 aliphatic carbocycles. The van der Waals surface area contributed by atoms with Gasteiger partial charge in [0.05, 0.1) is 5.56 Å². The van der Waals surface area contributed by atoms with Crippen molar-refractivity contribution in [2.75, 3.05) is 0 Å². The molecule has 0 spiro atoms. The van der Waals surface area contributed by atoms with Gasteiger partial charge in [0, 0.05) is 11.9 Å². The fourth-order valence-corrected chi connectivity index (χ4v) is 1.29. The summed E-state index contributed by atoms with van der Waals surface area (Å²) in [6.07, 6.45) is -3.43. The molecule has 0 saturated carbocycles. The molecule has 0 aliphatic rings. The first-order valence-corrected chi connectivity index (χ1v) is 4.36. The van der Waals surface area contributed by atoms with Crippen molar-refractivity contribution in [3.8, 4) is 0 Å². The van der Waals surface area contributed by atoms with Crippen molar-refractivity contribution in [1.29, 1.82) is 0 Å². The fourth-order valence-electron chi connectivity index (χ4n) is 1.29. The van der Waals surface area contributed by atoms with Gasteiger partial charge in [-0.1, -0.05) is 13.8 Å². The summed E-state index contributed by atoms with van der Waals surface area (Å²) in [7, 11) is 0. The molecule has 0 N–H and O–H groups in total. The van der Waals surface area contributed by atoms with Crippen molar-refractivity contribution in [1.82, 2.24) is 4.98 Å². The van der Waals surface area contributed by atoms with Crippen LogP contribution in [0.4, 0.5) is 13.2 Å². The van der Waals surface area contributed by atoms with Crippen LogP contribution in [0.25, 0.3) is 0 Å². The van der Waals surface area contributed by atoms with Crippen molar-refractivity contribution < 1.29 is 13.2 Å². The number of hydrogen-bond donors (Lipinski definition) is 0. The van der Waals surface area contributed by atoms with Crippen LogP contribution in [-0.4, -0.2) is 4.98 Å². The Labute approximate surface area is 81.0 Å². The molecular weight excluding hydrogens is 191 g/mol. The Balaban J connectivity index is 3.20. The molecule has 0 atom stereocenters. The normalized spacial score (nSPS) is 12.2. The molecule has 0 bridgehead atoms. The first-order chi connectivity index (χ1) is 6.32. The van der Waals surface area contributed by atoms with E-state index in [1.807, 2.05) is 13.8 Å². The smallest absolute Gasteiger partial charge is 0.261 e. The van der Waals surface area contributed by atoms with E-state index >= 15 is 0 Å². The fraction of sp³-hybridized carbons (Fsp3) is 0.500. The van der Waals surface area contributed by atoms with E-state index < -0.39 is 11.7 Å². The molecule has 0 fully saturated rings. The van der Waals surface area contributed by atoms with Gasteiger partial charge < -0.3 is 0 Å². The molecule has 4 heteroatoms. The van der Waals surface area contributed by atoms with Gasteiger partial charge in [-0.2, -0.15) is 13.2 Å². The van der Waals surface area contributed by atoms with E-state index in [9.17, 15) is 13.2 Å². The summed E-state index contributed by atoms with van der Waals surface area (Å²) in [5.41, 5.74) is 0.639. The first-order valence-electron chi connectivity index (χ1n) is 4.36. The SMILES string of the molecule is Cc1ncc(C(F)(F)F)cc1C(C)C. The zero-order valence-electron chi connectivity index (χ0n) is 8.31. The highest BCUT2D eigenvalue weighted by Crippen LogP contribution is 2.31. The van der Waals surface area contributed by atoms with Crippen LogP contribution in [0.15, 0.2) is 12.3 Å². The number of pyridine rings is 1. The quantitative estimate of drug-likeness (QED) is 0.680. The lowest BCUT2D eigenvalue weighted by Crippen LogP contribution is -2.08. The second-order valence-electron chi connectivity index (χ2n) is 3.55. The molecule has 14 heavy (non-hydrogen) atoms. The molecule has 0 radical (unpaired) electrons. The summed E-state index contributed by atoms with van der Waals surface area (Å²) < 4.78 is 37.0. The average molecular weight is 203 g/mol. The maximum atomic E-state index is 12.3. The van der Waals surface area contributed by atoms with Gasteiger partial charge in [0.25, 0.3) is 0 Å². The number of nitrogens with zero attached hydrogens (tertiary/aromatic N) is 1. The zero-order chi connectivity index (χ0) is 10.9. The Morgan fingerprint density at radius 2 is 1.86 bits per heavy atom. The lowest BCUT2D eigenvalue weighted by Gasteiger charge is -2.12. The summed E-state index contributed by atoms with van der Waals surface area (Å²) >= 11 is 0. The Morgan fingerprint density at radius 3 is 2.29 bits per heavy atom. The van der Waals surface area contributed by atoms with Crippen LogP contribution >= 0.6 is 0 Å². The first kappa shape index (κ1) is 11.0. The number of hydrogen-bond acceptors (Lipinski definition) is 1. The van der Waals surface area contributed by atoms with E-state index in [0.717, 1.165) is 6.20 Å². The number of aryl methyl sites for hydroxylation is 1. The Hall–Kier alpha value is -1.06. The third-order valence-corrected chi connectivity index (χ3v) is 2.08. The molecule has 0 aromatic carbocycles. The third kappa shape index (κ3) is 2.25. The monoisotopic (exact) mass is 203 g/mol. The van der Waals surface area contributed by atoms with Gasteiger partial charge in [0.1, 0.15) is 0 Å². The highest BCUT2D eigenvalue weighted by molar-refractivity contribution is 5.28. The number of alkyl halides is 3. The van der Waals surface area contributed by atoms with E-state index in [4.69, 9.17) is 0 Å². The molecule has 1 aromatic heterocycles. The summed E-state index contributed by atoms with van der Waals surface area (Å²) in [6.45, 7) is 5.42. The van der Waals surface area contributed by atoms with Crippen molar-refractivity contribution in [3.63, 3.8) is 0 Å². The molecule has 1 rings (SSSR count). The molecule has 0 aliphatic heterocycles. The summed E-state index contributed by atoms with van der Waals surface area (Å²) in [5, 5.41) is 0. The van der Waals surface area contributed by atoms with Gasteiger partial charge in [0.2, 0.25) is 0 Å². The van der Waals surface area contributed by atoms with Gasteiger partial charge in [-0.05, 0) is 24.5 Å².